The Labute approximate surface area is 111 Å². The molecule has 4 heteroatoms. The Bertz CT molecular complexity index is 258. The summed E-state index contributed by atoms with van der Waals surface area (Å²) in [5.41, 5.74) is 5.16. The minimum atomic E-state index is -0.722. The molecular formula is C14H29N3O. The third-order valence-electron chi connectivity index (χ3n) is 4.07. The lowest BCUT2D eigenvalue weighted by Crippen LogP contribution is -2.51. The number of amides is 1. The van der Waals surface area contributed by atoms with Gasteiger partial charge in [-0.05, 0) is 58.2 Å². The van der Waals surface area contributed by atoms with Gasteiger partial charge in [0.2, 0.25) is 5.91 Å². The molecule has 0 radical (unpaired) electrons. The van der Waals surface area contributed by atoms with Gasteiger partial charge in [-0.3, -0.25) is 4.79 Å². The minimum Gasteiger partial charge on any atom is -0.354 e. The second-order valence-electron chi connectivity index (χ2n) is 5.90. The second-order valence-corrected chi connectivity index (χ2v) is 5.90. The van der Waals surface area contributed by atoms with Crippen molar-refractivity contribution in [2.75, 3.05) is 26.2 Å². The number of nitrogens with one attached hydrogen (secondary N) is 1. The molecule has 106 valence electrons. The van der Waals surface area contributed by atoms with Crippen LogP contribution >= 0.6 is 0 Å². The van der Waals surface area contributed by atoms with Gasteiger partial charge in [-0.25, -0.2) is 0 Å². The van der Waals surface area contributed by atoms with Gasteiger partial charge in [-0.1, -0.05) is 13.8 Å². The van der Waals surface area contributed by atoms with Crippen LogP contribution in [0.25, 0.3) is 0 Å². The first-order valence-electron chi connectivity index (χ1n) is 7.25. The molecule has 0 spiro atoms. The summed E-state index contributed by atoms with van der Waals surface area (Å²) >= 11 is 0. The van der Waals surface area contributed by atoms with Crippen LogP contribution in [0.1, 0.15) is 46.5 Å². The summed E-state index contributed by atoms with van der Waals surface area (Å²) in [6, 6.07) is 0. The summed E-state index contributed by atoms with van der Waals surface area (Å²) < 4.78 is 0. The predicted molar refractivity (Wildman–Crippen MR) is 75.3 cm³/mol. The van der Waals surface area contributed by atoms with Crippen molar-refractivity contribution in [1.82, 2.24) is 10.2 Å². The van der Waals surface area contributed by atoms with E-state index in [2.05, 4.69) is 17.1 Å². The monoisotopic (exact) mass is 255 g/mol. The van der Waals surface area contributed by atoms with Crippen LogP contribution in [0.15, 0.2) is 0 Å². The van der Waals surface area contributed by atoms with Crippen molar-refractivity contribution in [3.8, 4) is 0 Å². The standard InChI is InChI=1S/C14H29N3O/c1-4-14(3,15)13(18)16-8-5-9-17-10-6-12(2)7-11-17/h12H,4-11,15H2,1-3H3,(H,16,18). The number of nitrogens with two attached hydrogens (primary N) is 1. The maximum Gasteiger partial charge on any atom is 0.239 e. The van der Waals surface area contributed by atoms with Gasteiger partial charge in [0, 0.05) is 6.54 Å². The van der Waals surface area contributed by atoms with E-state index in [0.29, 0.717) is 6.42 Å². The Hall–Kier alpha value is -0.610. The fourth-order valence-corrected chi connectivity index (χ4v) is 2.15. The molecule has 0 aromatic rings. The summed E-state index contributed by atoms with van der Waals surface area (Å²) in [4.78, 5) is 14.2. The van der Waals surface area contributed by atoms with E-state index in [1.54, 1.807) is 6.92 Å². The van der Waals surface area contributed by atoms with Crippen LogP contribution in [-0.4, -0.2) is 42.5 Å². The van der Waals surface area contributed by atoms with Gasteiger partial charge in [0.25, 0.3) is 0 Å². The van der Waals surface area contributed by atoms with Gasteiger partial charge in [0.1, 0.15) is 0 Å². The number of rotatable bonds is 6. The minimum absolute atomic E-state index is 0.0303. The Morgan fingerprint density at radius 1 is 1.44 bits per heavy atom. The highest BCUT2D eigenvalue weighted by atomic mass is 16.2. The number of nitrogens with zero attached hydrogens (tertiary/aromatic N) is 1. The van der Waals surface area contributed by atoms with Crippen LogP contribution in [0.5, 0.6) is 0 Å². The molecule has 3 N–H and O–H groups in total. The number of hydrogen-bond donors (Lipinski definition) is 2. The zero-order chi connectivity index (χ0) is 13.6. The van der Waals surface area contributed by atoms with Crippen LogP contribution in [0.4, 0.5) is 0 Å². The molecular weight excluding hydrogens is 226 g/mol. The molecule has 18 heavy (non-hydrogen) atoms. The molecule has 1 fully saturated rings. The van der Waals surface area contributed by atoms with Crippen LogP contribution in [0.3, 0.4) is 0 Å². The van der Waals surface area contributed by atoms with E-state index in [4.69, 9.17) is 5.73 Å². The number of likely N-dealkylation sites (tertiary alicyclic amines) is 1. The van der Waals surface area contributed by atoms with Gasteiger partial charge in [-0.15, -0.1) is 0 Å². The largest absolute Gasteiger partial charge is 0.354 e. The number of hydrogen-bond acceptors (Lipinski definition) is 3. The molecule has 1 unspecified atom stereocenters. The van der Waals surface area contributed by atoms with Gasteiger partial charge < -0.3 is 16.0 Å². The van der Waals surface area contributed by atoms with Gasteiger partial charge in [-0.2, -0.15) is 0 Å². The molecule has 1 saturated heterocycles. The van der Waals surface area contributed by atoms with Crippen molar-refractivity contribution in [2.45, 2.75) is 52.0 Å². The Kier molecular flexibility index (Phi) is 6.09. The van der Waals surface area contributed by atoms with E-state index in [9.17, 15) is 4.79 Å². The van der Waals surface area contributed by atoms with Crippen molar-refractivity contribution < 1.29 is 4.79 Å². The summed E-state index contributed by atoms with van der Waals surface area (Å²) in [5.74, 6) is 0.848. The molecule has 1 atom stereocenters. The Balaban J connectivity index is 2.10. The number of carbonyl (C=O) groups is 1. The molecule has 0 aliphatic carbocycles. The van der Waals surface area contributed by atoms with Gasteiger partial charge >= 0.3 is 0 Å². The zero-order valence-corrected chi connectivity index (χ0v) is 12.2. The number of carbonyl (C=O) groups excluding carboxylic acids is 1. The first kappa shape index (κ1) is 15.4. The van der Waals surface area contributed by atoms with Crippen molar-refractivity contribution in [3.05, 3.63) is 0 Å². The lowest BCUT2D eigenvalue weighted by Gasteiger charge is -2.30. The summed E-state index contributed by atoms with van der Waals surface area (Å²) in [6.07, 6.45) is 4.30. The molecule has 1 aliphatic heterocycles. The maximum absolute atomic E-state index is 11.7. The highest BCUT2D eigenvalue weighted by Gasteiger charge is 2.25. The zero-order valence-electron chi connectivity index (χ0n) is 12.2. The van der Waals surface area contributed by atoms with Crippen molar-refractivity contribution in [2.24, 2.45) is 11.7 Å². The highest BCUT2D eigenvalue weighted by molar-refractivity contribution is 5.85. The fraction of sp³-hybridized carbons (Fsp3) is 0.929. The summed E-state index contributed by atoms with van der Waals surface area (Å²) in [5, 5.41) is 2.93. The van der Waals surface area contributed by atoms with E-state index in [1.807, 2.05) is 6.92 Å². The van der Waals surface area contributed by atoms with Crippen molar-refractivity contribution in [3.63, 3.8) is 0 Å². The molecule has 0 aromatic heterocycles. The average molecular weight is 255 g/mol. The third-order valence-corrected chi connectivity index (χ3v) is 4.07. The smallest absolute Gasteiger partial charge is 0.239 e. The molecule has 1 amide bonds. The summed E-state index contributed by atoms with van der Waals surface area (Å²) in [6.45, 7) is 10.3. The van der Waals surface area contributed by atoms with Crippen LogP contribution < -0.4 is 11.1 Å². The average Bonchev–Trinajstić information content (AvgIpc) is 2.36. The summed E-state index contributed by atoms with van der Waals surface area (Å²) in [7, 11) is 0. The molecule has 0 aromatic carbocycles. The normalized spacial score (nSPS) is 21.6. The van der Waals surface area contributed by atoms with Gasteiger partial charge in [0.15, 0.2) is 0 Å². The van der Waals surface area contributed by atoms with Gasteiger partial charge in [0.05, 0.1) is 5.54 Å². The van der Waals surface area contributed by atoms with E-state index in [0.717, 1.165) is 25.4 Å². The molecule has 4 nitrogen and oxygen atoms in total. The van der Waals surface area contributed by atoms with E-state index >= 15 is 0 Å². The van der Waals surface area contributed by atoms with Crippen molar-refractivity contribution in [1.29, 1.82) is 0 Å². The van der Waals surface area contributed by atoms with E-state index < -0.39 is 5.54 Å². The Morgan fingerprint density at radius 3 is 2.61 bits per heavy atom. The molecule has 1 heterocycles. The first-order valence-corrected chi connectivity index (χ1v) is 7.25. The molecule has 0 bridgehead atoms. The SMILES string of the molecule is CCC(C)(N)C(=O)NCCCN1CCC(C)CC1. The fourth-order valence-electron chi connectivity index (χ4n) is 2.15. The van der Waals surface area contributed by atoms with E-state index in [1.165, 1.54) is 25.9 Å². The molecule has 1 aliphatic rings. The third kappa shape index (κ3) is 4.94. The highest BCUT2D eigenvalue weighted by Crippen LogP contribution is 2.15. The number of piperidine rings is 1. The topological polar surface area (TPSA) is 58.4 Å². The first-order chi connectivity index (χ1) is 8.45. The van der Waals surface area contributed by atoms with E-state index in [-0.39, 0.29) is 5.91 Å². The maximum atomic E-state index is 11.7. The molecule has 0 saturated carbocycles. The molecule has 1 rings (SSSR count). The quantitative estimate of drug-likeness (QED) is 0.704. The second kappa shape index (κ2) is 7.10. The Morgan fingerprint density at radius 2 is 2.06 bits per heavy atom. The van der Waals surface area contributed by atoms with Crippen molar-refractivity contribution >= 4 is 5.91 Å². The van der Waals surface area contributed by atoms with Crippen LogP contribution in [0, 0.1) is 5.92 Å². The van der Waals surface area contributed by atoms with Crippen LogP contribution in [-0.2, 0) is 4.79 Å². The van der Waals surface area contributed by atoms with Crippen LogP contribution in [0.2, 0.25) is 0 Å². The lowest BCUT2D eigenvalue weighted by atomic mass is 9.99. The lowest BCUT2D eigenvalue weighted by molar-refractivity contribution is -0.125. The predicted octanol–water partition coefficient (Wildman–Crippen LogP) is 1.35.